The number of aliphatic imine (C=N–C) groups is 1. The first-order chi connectivity index (χ1) is 19.0. The Labute approximate surface area is 244 Å². The summed E-state index contributed by atoms with van der Waals surface area (Å²) in [7, 11) is 0. The maximum atomic E-state index is 13.5. The first-order valence-electron chi connectivity index (χ1n) is 13.8. The maximum Gasteiger partial charge on any atom is 0.254 e. The average Bonchev–Trinajstić information content (AvgIpc) is 3.32. The normalized spacial score (nSPS) is 15.8. The molecule has 0 aliphatic heterocycles. The molecule has 206 valence electrons. The van der Waals surface area contributed by atoms with Crippen LogP contribution >= 0.6 is 34.5 Å². The number of ether oxygens (including phenoxy) is 2. The van der Waals surface area contributed by atoms with Crippen LogP contribution in [0.15, 0.2) is 41.4 Å². The van der Waals surface area contributed by atoms with Crippen LogP contribution in [-0.2, 0) is 19.4 Å². The molecule has 1 saturated carbocycles. The number of carbonyl (C=O) groups excluding carboxylic acids is 1. The van der Waals surface area contributed by atoms with Crippen LogP contribution in [0.2, 0.25) is 10.0 Å². The van der Waals surface area contributed by atoms with Gasteiger partial charge in [-0.3, -0.25) is 4.79 Å². The Morgan fingerprint density at radius 3 is 2.62 bits per heavy atom. The highest BCUT2D eigenvalue weighted by Crippen LogP contribution is 2.40. The van der Waals surface area contributed by atoms with Crippen LogP contribution in [-0.4, -0.2) is 24.8 Å². The Morgan fingerprint density at radius 1 is 1.00 bits per heavy atom. The van der Waals surface area contributed by atoms with Crippen molar-refractivity contribution < 1.29 is 14.3 Å². The van der Waals surface area contributed by atoms with E-state index in [2.05, 4.69) is 5.32 Å². The fourth-order valence-corrected chi connectivity index (χ4v) is 6.85. The number of benzene rings is 2. The summed E-state index contributed by atoms with van der Waals surface area (Å²) in [5.74, 6) is 1.32. The Bertz CT molecular complexity index is 1350. The van der Waals surface area contributed by atoms with Gasteiger partial charge >= 0.3 is 0 Å². The Hall–Kier alpha value is -2.54. The molecule has 1 aromatic heterocycles. The monoisotopic (exact) mass is 584 g/mol. The lowest BCUT2D eigenvalue weighted by atomic mass is 9.93. The van der Waals surface area contributed by atoms with Gasteiger partial charge in [0.25, 0.3) is 5.91 Å². The molecule has 8 heteroatoms. The van der Waals surface area contributed by atoms with E-state index >= 15 is 0 Å². The van der Waals surface area contributed by atoms with Crippen molar-refractivity contribution in [1.29, 1.82) is 0 Å². The number of hydrogen-bond acceptors (Lipinski definition) is 5. The molecule has 5 nitrogen and oxygen atoms in total. The molecule has 2 aliphatic rings. The molecule has 0 saturated heterocycles. The molecular formula is C31H34Cl2N2O3S. The minimum atomic E-state index is 0.0366. The highest BCUT2D eigenvalue weighted by molar-refractivity contribution is 7.16. The molecule has 2 aromatic carbocycles. The van der Waals surface area contributed by atoms with Gasteiger partial charge in [-0.15, -0.1) is 11.3 Å². The number of halogens is 2. The molecule has 1 heterocycles. The first kappa shape index (κ1) is 28.0. The van der Waals surface area contributed by atoms with Crippen molar-refractivity contribution in [3.05, 3.63) is 73.6 Å². The van der Waals surface area contributed by atoms with Crippen molar-refractivity contribution in [2.24, 2.45) is 4.99 Å². The lowest BCUT2D eigenvalue weighted by molar-refractivity contribution is 0.0927. The summed E-state index contributed by atoms with van der Waals surface area (Å²) in [6.45, 7) is 2.79. The predicted molar refractivity (Wildman–Crippen MR) is 161 cm³/mol. The second-order valence-corrected chi connectivity index (χ2v) is 12.0. The molecule has 0 bridgehead atoms. The summed E-state index contributed by atoms with van der Waals surface area (Å²) in [5.41, 5.74) is 3.78. The molecule has 2 aliphatic carbocycles. The van der Waals surface area contributed by atoms with E-state index < -0.39 is 0 Å². The van der Waals surface area contributed by atoms with E-state index in [4.69, 9.17) is 37.7 Å². The summed E-state index contributed by atoms with van der Waals surface area (Å²) in [5, 5.41) is 5.13. The lowest BCUT2D eigenvalue weighted by Crippen LogP contribution is -2.36. The third kappa shape index (κ3) is 6.97. The van der Waals surface area contributed by atoms with Crippen molar-refractivity contribution in [3.63, 3.8) is 0 Å². The zero-order valence-electron chi connectivity index (χ0n) is 22.2. The molecule has 39 heavy (non-hydrogen) atoms. The molecule has 1 amide bonds. The number of fused-ring (bicyclic) bond motifs is 1. The highest BCUT2D eigenvalue weighted by Gasteiger charge is 2.27. The largest absolute Gasteiger partial charge is 0.490 e. The Morgan fingerprint density at radius 2 is 1.82 bits per heavy atom. The molecule has 0 spiro atoms. The Kier molecular flexibility index (Phi) is 9.49. The molecule has 3 aromatic rings. The molecule has 1 fully saturated rings. The summed E-state index contributed by atoms with van der Waals surface area (Å²) >= 11 is 13.8. The third-order valence-corrected chi connectivity index (χ3v) is 9.24. The summed E-state index contributed by atoms with van der Waals surface area (Å²) in [6.07, 6.45) is 11.9. The number of aryl methyl sites for hydroxylation is 1. The van der Waals surface area contributed by atoms with Gasteiger partial charge in [0.1, 0.15) is 11.6 Å². The highest BCUT2D eigenvalue weighted by atomic mass is 35.5. The van der Waals surface area contributed by atoms with Crippen LogP contribution in [0, 0.1) is 0 Å². The minimum absolute atomic E-state index is 0.0366. The number of nitrogens with one attached hydrogen (secondary N) is 1. The number of amides is 1. The summed E-state index contributed by atoms with van der Waals surface area (Å²) < 4.78 is 11.9. The van der Waals surface area contributed by atoms with Crippen molar-refractivity contribution in [2.75, 3.05) is 6.61 Å². The zero-order valence-corrected chi connectivity index (χ0v) is 24.6. The minimum Gasteiger partial charge on any atom is -0.490 e. The van der Waals surface area contributed by atoms with Crippen LogP contribution in [0.25, 0.3) is 0 Å². The van der Waals surface area contributed by atoms with Gasteiger partial charge in [-0.2, -0.15) is 0 Å². The predicted octanol–water partition coefficient (Wildman–Crippen LogP) is 8.72. The van der Waals surface area contributed by atoms with Gasteiger partial charge < -0.3 is 14.8 Å². The topological polar surface area (TPSA) is 59.9 Å². The second-order valence-electron chi connectivity index (χ2n) is 10.1. The van der Waals surface area contributed by atoms with E-state index in [0.717, 1.165) is 53.8 Å². The van der Waals surface area contributed by atoms with E-state index in [0.29, 0.717) is 34.8 Å². The van der Waals surface area contributed by atoms with Crippen LogP contribution in [0.1, 0.15) is 83.8 Å². The quantitative estimate of drug-likeness (QED) is 0.256. The fourth-order valence-electron chi connectivity index (χ4n) is 5.30. The van der Waals surface area contributed by atoms with Crippen molar-refractivity contribution in [2.45, 2.75) is 77.4 Å². The standard InChI is InChI=1S/C31H34Cl2N2O3S/c1-2-37-27-17-20(13-15-26(27)38-19-21-12-14-24(32)25(33)16-21)18-34-31-29(23-10-6-7-11-28(23)39-31)30(36)35-22-8-4-3-5-9-22/h12-18,22H,2-11,19H2,1H3,(H,35,36). The zero-order chi connectivity index (χ0) is 27.2. The summed E-state index contributed by atoms with van der Waals surface area (Å²) in [6, 6.07) is 11.5. The number of rotatable bonds is 9. The smallest absolute Gasteiger partial charge is 0.254 e. The number of nitrogens with zero attached hydrogens (tertiary/aromatic N) is 1. The van der Waals surface area contributed by atoms with Gasteiger partial charge in [-0.05, 0) is 92.5 Å². The van der Waals surface area contributed by atoms with Gasteiger partial charge in [0.05, 0.1) is 22.2 Å². The third-order valence-electron chi connectivity index (χ3n) is 7.30. The van der Waals surface area contributed by atoms with E-state index in [1.165, 1.54) is 36.1 Å². The molecule has 0 radical (unpaired) electrons. The van der Waals surface area contributed by atoms with Gasteiger partial charge in [0.15, 0.2) is 11.5 Å². The molecular weight excluding hydrogens is 551 g/mol. The average molecular weight is 586 g/mol. The molecule has 1 N–H and O–H groups in total. The molecule has 0 unspecified atom stereocenters. The van der Waals surface area contributed by atoms with Crippen LogP contribution in [0.5, 0.6) is 11.5 Å². The van der Waals surface area contributed by atoms with Crippen LogP contribution in [0.4, 0.5) is 5.00 Å². The van der Waals surface area contributed by atoms with E-state index in [1.54, 1.807) is 23.5 Å². The van der Waals surface area contributed by atoms with E-state index in [9.17, 15) is 4.79 Å². The van der Waals surface area contributed by atoms with Gasteiger partial charge in [-0.25, -0.2) is 4.99 Å². The Balaban J connectivity index is 1.35. The van der Waals surface area contributed by atoms with E-state index in [1.807, 2.05) is 37.4 Å². The fraction of sp³-hybridized carbons (Fsp3) is 0.419. The maximum absolute atomic E-state index is 13.5. The van der Waals surface area contributed by atoms with Crippen LogP contribution < -0.4 is 14.8 Å². The number of thiophene rings is 1. The first-order valence-corrected chi connectivity index (χ1v) is 15.4. The van der Waals surface area contributed by atoms with E-state index in [-0.39, 0.29) is 11.9 Å². The van der Waals surface area contributed by atoms with Crippen molar-refractivity contribution in [1.82, 2.24) is 5.32 Å². The van der Waals surface area contributed by atoms with Crippen molar-refractivity contribution in [3.8, 4) is 11.5 Å². The van der Waals surface area contributed by atoms with Crippen LogP contribution in [0.3, 0.4) is 0 Å². The molecule has 5 rings (SSSR count). The SMILES string of the molecule is CCOc1cc(C=Nc2sc3c(c2C(=O)NC2CCCCC2)CCCC3)ccc1OCc1ccc(Cl)c(Cl)c1. The van der Waals surface area contributed by atoms with Crippen molar-refractivity contribution >= 4 is 51.7 Å². The van der Waals surface area contributed by atoms with Gasteiger partial charge in [-0.1, -0.05) is 48.5 Å². The second kappa shape index (κ2) is 13.2. The lowest BCUT2D eigenvalue weighted by Gasteiger charge is -2.23. The number of hydrogen-bond donors (Lipinski definition) is 1. The number of carbonyl (C=O) groups is 1. The van der Waals surface area contributed by atoms with Gasteiger partial charge in [0.2, 0.25) is 0 Å². The summed E-state index contributed by atoms with van der Waals surface area (Å²) in [4.78, 5) is 19.6. The molecule has 0 atom stereocenters. The van der Waals surface area contributed by atoms with Gasteiger partial charge in [0, 0.05) is 17.1 Å².